The van der Waals surface area contributed by atoms with E-state index < -0.39 is 8.07 Å². The van der Waals surface area contributed by atoms with E-state index in [4.69, 9.17) is 4.74 Å². The smallest absolute Gasteiger partial charge is 0.293 e. The van der Waals surface area contributed by atoms with Gasteiger partial charge in [0.25, 0.3) is 6.47 Å². The first-order valence-corrected chi connectivity index (χ1v) is 14.0. The maximum absolute atomic E-state index is 12.2. The normalized spacial score (nSPS) is 14.2. The highest BCUT2D eigenvalue weighted by Gasteiger charge is 2.58. The number of hydrogen-bond acceptors (Lipinski definition) is 2. The van der Waals surface area contributed by atoms with Crippen LogP contribution in [0.2, 0.25) is 5.04 Å². The number of carbonyl (C=O) groups excluding carboxylic acids is 1. The Labute approximate surface area is 203 Å². The Bertz CT molecular complexity index is 1210. The van der Waals surface area contributed by atoms with Crippen LogP contribution in [0.15, 0.2) is 109 Å². The van der Waals surface area contributed by atoms with E-state index >= 15 is 0 Å². The van der Waals surface area contributed by atoms with Crippen LogP contribution in [0.1, 0.15) is 37.8 Å². The molecule has 0 bridgehead atoms. The average molecular weight is 463 g/mol. The van der Waals surface area contributed by atoms with Crippen molar-refractivity contribution in [2.24, 2.45) is 0 Å². The van der Waals surface area contributed by atoms with Crippen molar-refractivity contribution >= 4 is 24.9 Å². The molecule has 0 N–H and O–H groups in total. The molecule has 4 aromatic rings. The summed E-state index contributed by atoms with van der Waals surface area (Å²) in [4.78, 5) is 12.2. The van der Waals surface area contributed by atoms with Gasteiger partial charge in [-0.25, -0.2) is 0 Å². The van der Waals surface area contributed by atoms with E-state index in [1.165, 1.54) is 32.6 Å². The van der Waals surface area contributed by atoms with Crippen LogP contribution in [0.5, 0.6) is 0 Å². The van der Waals surface area contributed by atoms with Gasteiger partial charge < -0.3 is 4.74 Å². The lowest BCUT2D eigenvalue weighted by Gasteiger charge is -2.50. The lowest BCUT2D eigenvalue weighted by Crippen LogP contribution is -2.73. The van der Waals surface area contributed by atoms with Crippen LogP contribution in [0, 0.1) is 0 Å². The van der Waals surface area contributed by atoms with Crippen LogP contribution >= 0.6 is 0 Å². The first-order chi connectivity index (χ1) is 16.5. The lowest BCUT2D eigenvalue weighted by molar-refractivity contribution is -0.131. The van der Waals surface area contributed by atoms with Crippen molar-refractivity contribution in [1.29, 1.82) is 0 Å². The quantitative estimate of drug-likeness (QED) is 0.262. The number of carbonyl (C=O) groups is 1. The summed E-state index contributed by atoms with van der Waals surface area (Å²) < 4.78 is 6.32. The van der Waals surface area contributed by atoms with Crippen molar-refractivity contribution in [1.82, 2.24) is 0 Å². The van der Waals surface area contributed by atoms with Gasteiger partial charge in [0.15, 0.2) is 8.07 Å². The first-order valence-electron chi connectivity index (χ1n) is 11.9. The third-order valence-electron chi connectivity index (χ3n) is 7.45. The second-order valence-corrected chi connectivity index (χ2v) is 14.9. The summed E-state index contributed by atoms with van der Waals surface area (Å²) in [5.41, 5.74) is 4.63. The predicted octanol–water partition coefficient (Wildman–Crippen LogP) is 5.94. The second kappa shape index (κ2) is 8.73. The number of benzene rings is 4. The van der Waals surface area contributed by atoms with Crippen molar-refractivity contribution in [3.05, 3.63) is 120 Å². The molecule has 0 radical (unpaired) electrons. The Morgan fingerprint density at radius 2 is 1.09 bits per heavy atom. The summed E-state index contributed by atoms with van der Waals surface area (Å²) in [5.74, 6) is -0.0381. The SMILES string of the molecule is CC(C)(C)[Si](c1ccccc1)(c1ccccc1)C(OC=O)C1c2ccccc2-c2ccccc21. The van der Waals surface area contributed by atoms with Gasteiger partial charge in [-0.05, 0) is 37.7 Å². The molecular formula is C31H30O2Si. The van der Waals surface area contributed by atoms with Crippen LogP contribution in [0.4, 0.5) is 0 Å². The van der Waals surface area contributed by atoms with Gasteiger partial charge in [0.1, 0.15) is 5.73 Å². The zero-order valence-corrected chi connectivity index (χ0v) is 20.9. The van der Waals surface area contributed by atoms with E-state index in [-0.39, 0.29) is 16.7 Å². The van der Waals surface area contributed by atoms with Gasteiger partial charge in [-0.1, -0.05) is 130 Å². The third kappa shape index (κ3) is 3.34. The molecule has 0 saturated heterocycles. The van der Waals surface area contributed by atoms with Crippen LogP contribution in [0.3, 0.4) is 0 Å². The van der Waals surface area contributed by atoms with E-state index in [1.54, 1.807) is 0 Å². The van der Waals surface area contributed by atoms with E-state index in [2.05, 4.69) is 130 Å². The highest BCUT2D eigenvalue weighted by atomic mass is 28.3. The molecule has 1 aliphatic carbocycles. The molecule has 1 aliphatic rings. The van der Waals surface area contributed by atoms with Gasteiger partial charge in [-0.2, -0.15) is 0 Å². The topological polar surface area (TPSA) is 26.3 Å². The van der Waals surface area contributed by atoms with Gasteiger partial charge in [-0.15, -0.1) is 0 Å². The van der Waals surface area contributed by atoms with Crippen LogP contribution in [-0.4, -0.2) is 20.3 Å². The monoisotopic (exact) mass is 462 g/mol. The number of fused-ring (bicyclic) bond motifs is 3. The molecule has 34 heavy (non-hydrogen) atoms. The van der Waals surface area contributed by atoms with Gasteiger partial charge in [0.2, 0.25) is 0 Å². The molecular weight excluding hydrogens is 432 g/mol. The summed E-state index contributed by atoms with van der Waals surface area (Å²) in [6, 6.07) is 38.7. The fourth-order valence-electron chi connectivity index (χ4n) is 6.20. The number of rotatable bonds is 6. The Morgan fingerprint density at radius 3 is 1.50 bits per heavy atom. The molecule has 0 heterocycles. The van der Waals surface area contributed by atoms with E-state index in [0.29, 0.717) is 6.47 Å². The molecule has 0 saturated carbocycles. The van der Waals surface area contributed by atoms with Crippen LogP contribution < -0.4 is 10.4 Å². The average Bonchev–Trinajstić information content (AvgIpc) is 3.19. The largest absolute Gasteiger partial charge is 0.467 e. The molecule has 1 atom stereocenters. The Morgan fingerprint density at radius 1 is 0.676 bits per heavy atom. The minimum atomic E-state index is -2.76. The van der Waals surface area contributed by atoms with E-state index in [1.807, 2.05) is 0 Å². The fraction of sp³-hybridized carbons (Fsp3) is 0.194. The molecule has 5 rings (SSSR count). The van der Waals surface area contributed by atoms with E-state index in [0.717, 1.165) is 0 Å². The van der Waals surface area contributed by atoms with E-state index in [9.17, 15) is 4.79 Å². The molecule has 0 fully saturated rings. The Kier molecular flexibility index (Phi) is 5.74. The van der Waals surface area contributed by atoms with Crippen molar-refractivity contribution in [2.75, 3.05) is 0 Å². The van der Waals surface area contributed by atoms with Crippen molar-refractivity contribution in [3.63, 3.8) is 0 Å². The van der Waals surface area contributed by atoms with Crippen molar-refractivity contribution in [2.45, 2.75) is 37.5 Å². The highest BCUT2D eigenvalue weighted by Crippen LogP contribution is 2.51. The molecule has 2 nitrogen and oxygen atoms in total. The summed E-state index contributed by atoms with van der Waals surface area (Å²) in [6.07, 6.45) is 0. The molecule has 170 valence electrons. The zero-order valence-electron chi connectivity index (χ0n) is 19.9. The molecule has 0 spiro atoms. The molecule has 0 aromatic heterocycles. The third-order valence-corrected chi connectivity index (χ3v) is 13.6. The summed E-state index contributed by atoms with van der Waals surface area (Å²) >= 11 is 0. The van der Waals surface area contributed by atoms with Crippen LogP contribution in [-0.2, 0) is 9.53 Å². The number of ether oxygens (including phenoxy) is 1. The van der Waals surface area contributed by atoms with Gasteiger partial charge in [-0.3, -0.25) is 4.79 Å². The van der Waals surface area contributed by atoms with Gasteiger partial charge >= 0.3 is 0 Å². The molecule has 4 aromatic carbocycles. The molecule has 0 aliphatic heterocycles. The minimum absolute atomic E-state index is 0.0381. The summed E-state index contributed by atoms with van der Waals surface area (Å²) in [6.45, 7) is 7.61. The van der Waals surface area contributed by atoms with Gasteiger partial charge in [0.05, 0.1) is 0 Å². The van der Waals surface area contributed by atoms with Crippen LogP contribution in [0.25, 0.3) is 11.1 Å². The fourth-order valence-corrected chi connectivity index (χ4v) is 12.3. The predicted molar refractivity (Wildman–Crippen MR) is 142 cm³/mol. The van der Waals surface area contributed by atoms with Crippen molar-refractivity contribution in [3.8, 4) is 11.1 Å². The molecule has 3 heteroatoms. The highest BCUT2D eigenvalue weighted by molar-refractivity contribution is 7.05. The first kappa shape index (κ1) is 22.4. The second-order valence-electron chi connectivity index (χ2n) is 10.1. The maximum Gasteiger partial charge on any atom is 0.293 e. The molecule has 0 amide bonds. The zero-order chi connectivity index (χ0) is 23.8. The Hall–Kier alpha value is -3.43. The Balaban J connectivity index is 1.88. The minimum Gasteiger partial charge on any atom is -0.467 e. The standard InChI is InChI=1S/C31H30O2Si/c1-31(2,3)34(23-14-6-4-7-15-23,24-16-8-5-9-17-24)30(33-22-32)29-27-20-12-10-18-25(27)26-19-11-13-21-28(26)29/h4-22,29-30H,1-3H3. The van der Waals surface area contributed by atoms with Gasteiger partial charge in [0, 0.05) is 5.92 Å². The summed E-state index contributed by atoms with van der Waals surface area (Å²) in [7, 11) is -2.76. The lowest BCUT2D eigenvalue weighted by atomic mass is 9.97. The summed E-state index contributed by atoms with van der Waals surface area (Å²) in [5, 5.41) is 2.42. The maximum atomic E-state index is 12.2. The number of hydrogen-bond donors (Lipinski definition) is 0. The molecule has 1 unspecified atom stereocenters. The van der Waals surface area contributed by atoms with Crippen molar-refractivity contribution < 1.29 is 9.53 Å².